The van der Waals surface area contributed by atoms with E-state index in [-0.39, 0.29) is 6.09 Å². The maximum absolute atomic E-state index is 12.0. The number of carbonyl (C=O) groups is 1. The van der Waals surface area contributed by atoms with Crippen molar-refractivity contribution in [3.63, 3.8) is 0 Å². The second kappa shape index (κ2) is 6.40. The van der Waals surface area contributed by atoms with E-state index in [1.54, 1.807) is 11.1 Å². The molecule has 1 saturated heterocycles. The second-order valence-electron chi connectivity index (χ2n) is 5.91. The van der Waals surface area contributed by atoms with Crippen molar-refractivity contribution in [2.45, 2.75) is 26.4 Å². The van der Waals surface area contributed by atoms with Crippen LogP contribution in [0.15, 0.2) is 16.7 Å². The molecule has 0 unspecified atom stereocenters. The van der Waals surface area contributed by atoms with Gasteiger partial charge in [0.2, 0.25) is 0 Å². The number of pyridine rings is 1. The lowest BCUT2D eigenvalue weighted by Crippen LogP contribution is -2.50. The van der Waals surface area contributed by atoms with E-state index in [0.29, 0.717) is 31.2 Å². The topological polar surface area (TPSA) is 45.7 Å². The van der Waals surface area contributed by atoms with Crippen molar-refractivity contribution in [1.82, 2.24) is 9.88 Å². The summed E-state index contributed by atoms with van der Waals surface area (Å²) in [5, 5.41) is 0.607. The highest BCUT2D eigenvalue weighted by Crippen LogP contribution is 2.27. The van der Waals surface area contributed by atoms with Gasteiger partial charge in [0.25, 0.3) is 0 Å². The van der Waals surface area contributed by atoms with Gasteiger partial charge in [-0.05, 0) is 42.8 Å². The molecule has 1 fully saturated rings. The number of rotatable bonds is 1. The Morgan fingerprint density at radius 3 is 2.48 bits per heavy atom. The number of nitrogens with zero attached hydrogens (tertiary/aromatic N) is 3. The largest absolute Gasteiger partial charge is 0.444 e. The van der Waals surface area contributed by atoms with Crippen LogP contribution in [0.2, 0.25) is 5.02 Å². The average molecular weight is 377 g/mol. The zero-order chi connectivity index (χ0) is 15.6. The quantitative estimate of drug-likeness (QED) is 0.752. The van der Waals surface area contributed by atoms with Gasteiger partial charge in [0.15, 0.2) is 0 Å². The Hall–Kier alpha value is -1.01. The van der Waals surface area contributed by atoms with Crippen LogP contribution in [-0.2, 0) is 4.74 Å². The molecule has 1 amide bonds. The van der Waals surface area contributed by atoms with Crippen LogP contribution in [0.25, 0.3) is 0 Å². The molecule has 1 aliphatic rings. The zero-order valence-electron chi connectivity index (χ0n) is 12.4. The number of hydrogen-bond acceptors (Lipinski definition) is 4. The van der Waals surface area contributed by atoms with Crippen LogP contribution in [0.3, 0.4) is 0 Å². The van der Waals surface area contributed by atoms with E-state index in [1.165, 1.54) is 0 Å². The second-order valence-corrected chi connectivity index (χ2v) is 7.24. The Morgan fingerprint density at radius 2 is 1.95 bits per heavy atom. The number of carbonyl (C=O) groups excluding carboxylic acids is 1. The van der Waals surface area contributed by atoms with Crippen molar-refractivity contribution in [3.05, 3.63) is 21.8 Å². The Bertz CT molecular complexity index is 525. The molecule has 0 aromatic carbocycles. The van der Waals surface area contributed by atoms with E-state index in [4.69, 9.17) is 16.3 Å². The van der Waals surface area contributed by atoms with Gasteiger partial charge in [-0.15, -0.1) is 0 Å². The molecule has 0 bridgehead atoms. The first-order chi connectivity index (χ1) is 9.76. The summed E-state index contributed by atoms with van der Waals surface area (Å²) in [7, 11) is 0. The molecule has 1 aliphatic heterocycles. The van der Waals surface area contributed by atoms with Crippen LogP contribution in [0.1, 0.15) is 20.8 Å². The Kier molecular flexibility index (Phi) is 4.99. The van der Waals surface area contributed by atoms with Gasteiger partial charge in [0, 0.05) is 36.8 Å². The lowest BCUT2D eigenvalue weighted by Gasteiger charge is -2.36. The minimum atomic E-state index is -0.467. The predicted octanol–water partition coefficient (Wildman–Crippen LogP) is 3.55. The normalized spacial score (nSPS) is 16.0. The molecule has 2 rings (SSSR count). The van der Waals surface area contributed by atoms with E-state index in [2.05, 4.69) is 25.8 Å². The third kappa shape index (κ3) is 4.48. The maximum atomic E-state index is 12.0. The van der Waals surface area contributed by atoms with Crippen molar-refractivity contribution in [3.8, 4) is 0 Å². The van der Waals surface area contributed by atoms with Crippen molar-refractivity contribution < 1.29 is 9.53 Å². The molecule has 0 atom stereocenters. The number of anilines is 1. The summed E-state index contributed by atoms with van der Waals surface area (Å²) in [5.74, 6) is 0.753. The van der Waals surface area contributed by atoms with Gasteiger partial charge in [-0.1, -0.05) is 11.6 Å². The van der Waals surface area contributed by atoms with Gasteiger partial charge in [-0.25, -0.2) is 9.78 Å². The van der Waals surface area contributed by atoms with Crippen LogP contribution in [0, 0.1) is 0 Å². The van der Waals surface area contributed by atoms with Crippen LogP contribution in [0.5, 0.6) is 0 Å². The zero-order valence-corrected chi connectivity index (χ0v) is 14.7. The first kappa shape index (κ1) is 16.4. The highest BCUT2D eigenvalue weighted by atomic mass is 79.9. The molecule has 116 valence electrons. The summed E-state index contributed by atoms with van der Waals surface area (Å²) in [4.78, 5) is 20.1. The summed E-state index contributed by atoms with van der Waals surface area (Å²) in [5.41, 5.74) is -0.467. The molecule has 0 saturated carbocycles. The number of piperazine rings is 1. The van der Waals surface area contributed by atoms with Gasteiger partial charge in [-0.2, -0.15) is 0 Å². The number of ether oxygens (including phenoxy) is 1. The molecule has 1 aromatic heterocycles. The molecule has 7 heteroatoms. The standard InChI is InChI=1S/C14H19BrClN3O2/c1-14(2,3)21-13(20)19-6-4-18(5-7-19)12-11(16)8-10(15)9-17-12/h8-9H,4-7H2,1-3H3. The third-order valence-corrected chi connectivity index (χ3v) is 3.73. The van der Waals surface area contributed by atoms with E-state index in [9.17, 15) is 4.79 Å². The fourth-order valence-electron chi connectivity index (χ4n) is 2.07. The third-order valence-electron chi connectivity index (χ3n) is 3.02. The van der Waals surface area contributed by atoms with Gasteiger partial charge in [0.05, 0.1) is 5.02 Å². The highest BCUT2D eigenvalue weighted by molar-refractivity contribution is 9.10. The van der Waals surface area contributed by atoms with E-state index < -0.39 is 5.60 Å². The summed E-state index contributed by atoms with van der Waals surface area (Å²) in [6.45, 7) is 8.18. The number of hydrogen-bond donors (Lipinski definition) is 0. The molecule has 2 heterocycles. The van der Waals surface area contributed by atoms with E-state index >= 15 is 0 Å². The fourth-order valence-corrected chi connectivity index (χ4v) is 2.82. The Morgan fingerprint density at radius 1 is 1.33 bits per heavy atom. The summed E-state index contributed by atoms with van der Waals surface area (Å²) in [6.07, 6.45) is 1.46. The molecule has 0 spiro atoms. The number of amides is 1. The number of aromatic nitrogens is 1. The molecule has 0 radical (unpaired) electrons. The molecule has 0 N–H and O–H groups in total. The van der Waals surface area contributed by atoms with Crippen LogP contribution >= 0.6 is 27.5 Å². The van der Waals surface area contributed by atoms with E-state index in [0.717, 1.165) is 10.3 Å². The summed E-state index contributed by atoms with van der Waals surface area (Å²) >= 11 is 9.55. The monoisotopic (exact) mass is 375 g/mol. The van der Waals surface area contributed by atoms with Crippen LogP contribution in [-0.4, -0.2) is 47.8 Å². The van der Waals surface area contributed by atoms with Crippen molar-refractivity contribution in [2.24, 2.45) is 0 Å². The van der Waals surface area contributed by atoms with Crippen LogP contribution < -0.4 is 4.90 Å². The lowest BCUT2D eigenvalue weighted by atomic mass is 10.2. The molecular weight excluding hydrogens is 358 g/mol. The number of halogens is 2. The highest BCUT2D eigenvalue weighted by Gasteiger charge is 2.26. The molecule has 5 nitrogen and oxygen atoms in total. The lowest BCUT2D eigenvalue weighted by molar-refractivity contribution is 0.0240. The summed E-state index contributed by atoms with van der Waals surface area (Å²) < 4.78 is 6.23. The molecular formula is C14H19BrClN3O2. The minimum Gasteiger partial charge on any atom is -0.444 e. The van der Waals surface area contributed by atoms with Crippen molar-refractivity contribution in [1.29, 1.82) is 0 Å². The van der Waals surface area contributed by atoms with Gasteiger partial charge < -0.3 is 14.5 Å². The molecule has 1 aromatic rings. The van der Waals surface area contributed by atoms with E-state index in [1.807, 2.05) is 26.8 Å². The average Bonchev–Trinajstić information content (AvgIpc) is 2.37. The summed E-state index contributed by atoms with van der Waals surface area (Å²) in [6, 6.07) is 1.82. The van der Waals surface area contributed by atoms with Gasteiger partial charge in [0.1, 0.15) is 11.4 Å². The van der Waals surface area contributed by atoms with Gasteiger partial charge in [-0.3, -0.25) is 0 Å². The SMILES string of the molecule is CC(C)(C)OC(=O)N1CCN(c2ncc(Br)cc2Cl)CC1. The predicted molar refractivity (Wildman–Crippen MR) is 87.0 cm³/mol. The minimum absolute atomic E-state index is 0.267. The van der Waals surface area contributed by atoms with Crippen LogP contribution in [0.4, 0.5) is 10.6 Å². The fraction of sp³-hybridized carbons (Fsp3) is 0.571. The molecule has 21 heavy (non-hydrogen) atoms. The van der Waals surface area contributed by atoms with Crippen molar-refractivity contribution in [2.75, 3.05) is 31.1 Å². The smallest absolute Gasteiger partial charge is 0.410 e. The molecule has 0 aliphatic carbocycles. The maximum Gasteiger partial charge on any atom is 0.410 e. The first-order valence-corrected chi connectivity index (χ1v) is 7.97. The van der Waals surface area contributed by atoms with Gasteiger partial charge >= 0.3 is 6.09 Å². The first-order valence-electron chi connectivity index (χ1n) is 6.80. The Labute approximate surface area is 138 Å². The van der Waals surface area contributed by atoms with Crippen molar-refractivity contribution >= 4 is 39.4 Å². The Balaban J connectivity index is 1.95.